The van der Waals surface area contributed by atoms with Crippen molar-refractivity contribution in [1.82, 2.24) is 5.32 Å². The molecule has 0 spiro atoms. The molecular weight excluding hydrogens is 212 g/mol. The zero-order valence-corrected chi connectivity index (χ0v) is 10.1. The van der Waals surface area contributed by atoms with Crippen molar-refractivity contribution in [2.75, 3.05) is 13.7 Å². The molecular formula is C14H18N2O. The van der Waals surface area contributed by atoms with Crippen LogP contribution in [0.1, 0.15) is 30.0 Å². The van der Waals surface area contributed by atoms with Crippen LogP contribution in [0, 0.1) is 17.2 Å². The van der Waals surface area contributed by atoms with Crippen LogP contribution in [0.3, 0.4) is 0 Å². The number of methoxy groups -OCH3 is 1. The van der Waals surface area contributed by atoms with Crippen molar-refractivity contribution in [3.8, 4) is 6.07 Å². The second-order valence-electron chi connectivity index (χ2n) is 4.59. The van der Waals surface area contributed by atoms with E-state index in [1.54, 1.807) is 7.11 Å². The van der Waals surface area contributed by atoms with Crippen LogP contribution in [-0.2, 0) is 11.3 Å². The molecule has 1 aromatic carbocycles. The fraction of sp³-hybridized carbons (Fsp3) is 0.500. The summed E-state index contributed by atoms with van der Waals surface area (Å²) >= 11 is 0. The summed E-state index contributed by atoms with van der Waals surface area (Å²) in [5.41, 5.74) is 2.14. The number of benzene rings is 1. The molecule has 1 fully saturated rings. The van der Waals surface area contributed by atoms with Crippen molar-refractivity contribution in [3.63, 3.8) is 0 Å². The highest BCUT2D eigenvalue weighted by atomic mass is 16.5. The highest BCUT2D eigenvalue weighted by Crippen LogP contribution is 2.28. The van der Waals surface area contributed by atoms with Gasteiger partial charge < -0.3 is 4.74 Å². The number of ether oxygens (including phenoxy) is 1. The standard InChI is InChI=1S/C14H18N2O/c1-17-10-12-3-2-4-13(7-12)14(8-15)16-9-11-5-6-11/h2-4,7,11,14,16H,5-6,9-10H2,1H3. The van der Waals surface area contributed by atoms with Gasteiger partial charge in [-0.15, -0.1) is 0 Å². The van der Waals surface area contributed by atoms with Crippen LogP contribution in [-0.4, -0.2) is 13.7 Å². The van der Waals surface area contributed by atoms with Gasteiger partial charge in [0.1, 0.15) is 6.04 Å². The number of hydrogen-bond acceptors (Lipinski definition) is 3. The van der Waals surface area contributed by atoms with Gasteiger partial charge in [-0.05, 0) is 36.4 Å². The molecule has 17 heavy (non-hydrogen) atoms. The number of hydrogen-bond donors (Lipinski definition) is 1. The Morgan fingerprint density at radius 2 is 2.35 bits per heavy atom. The molecule has 1 atom stereocenters. The summed E-state index contributed by atoms with van der Waals surface area (Å²) < 4.78 is 5.10. The molecule has 1 aromatic rings. The topological polar surface area (TPSA) is 45.0 Å². The number of nitriles is 1. The number of nitrogens with zero attached hydrogens (tertiary/aromatic N) is 1. The Morgan fingerprint density at radius 3 is 3.00 bits per heavy atom. The van der Waals surface area contributed by atoms with Crippen LogP contribution in [0.4, 0.5) is 0 Å². The van der Waals surface area contributed by atoms with E-state index in [1.165, 1.54) is 12.8 Å². The van der Waals surface area contributed by atoms with Crippen molar-refractivity contribution >= 4 is 0 Å². The zero-order chi connectivity index (χ0) is 12.1. The van der Waals surface area contributed by atoms with Gasteiger partial charge in [0, 0.05) is 7.11 Å². The van der Waals surface area contributed by atoms with Crippen molar-refractivity contribution < 1.29 is 4.74 Å². The van der Waals surface area contributed by atoms with Crippen LogP contribution in [0.25, 0.3) is 0 Å². The maximum absolute atomic E-state index is 9.19. The van der Waals surface area contributed by atoms with E-state index in [1.807, 2.05) is 24.3 Å². The summed E-state index contributed by atoms with van der Waals surface area (Å²) in [7, 11) is 1.68. The third-order valence-electron chi connectivity index (χ3n) is 3.03. The maximum atomic E-state index is 9.19. The van der Waals surface area contributed by atoms with Gasteiger partial charge in [0.05, 0.1) is 12.7 Å². The molecule has 1 unspecified atom stereocenters. The molecule has 1 saturated carbocycles. The molecule has 0 radical (unpaired) electrons. The van der Waals surface area contributed by atoms with Gasteiger partial charge >= 0.3 is 0 Å². The quantitative estimate of drug-likeness (QED) is 0.816. The molecule has 0 amide bonds. The second kappa shape index (κ2) is 5.81. The molecule has 90 valence electrons. The average Bonchev–Trinajstić information content (AvgIpc) is 3.15. The van der Waals surface area contributed by atoms with Crippen LogP contribution in [0.15, 0.2) is 24.3 Å². The molecule has 3 nitrogen and oxygen atoms in total. The van der Waals surface area contributed by atoms with Crippen LogP contribution in [0.2, 0.25) is 0 Å². The van der Waals surface area contributed by atoms with Crippen LogP contribution in [0.5, 0.6) is 0 Å². The van der Waals surface area contributed by atoms with Crippen molar-refractivity contribution in [2.45, 2.75) is 25.5 Å². The Kier molecular flexibility index (Phi) is 4.13. The lowest BCUT2D eigenvalue weighted by molar-refractivity contribution is 0.185. The first-order valence-electron chi connectivity index (χ1n) is 6.04. The van der Waals surface area contributed by atoms with E-state index < -0.39 is 0 Å². The molecule has 3 heteroatoms. The van der Waals surface area contributed by atoms with E-state index in [0.29, 0.717) is 6.61 Å². The van der Waals surface area contributed by atoms with Crippen LogP contribution >= 0.6 is 0 Å². The minimum absolute atomic E-state index is 0.201. The summed E-state index contributed by atoms with van der Waals surface area (Å²) in [5.74, 6) is 0.785. The van der Waals surface area contributed by atoms with E-state index in [9.17, 15) is 5.26 Å². The lowest BCUT2D eigenvalue weighted by Crippen LogP contribution is -2.22. The predicted octanol–water partition coefficient (Wildman–Crippen LogP) is 2.40. The fourth-order valence-corrected chi connectivity index (χ4v) is 1.87. The molecule has 0 aliphatic heterocycles. The Morgan fingerprint density at radius 1 is 1.53 bits per heavy atom. The minimum atomic E-state index is -0.201. The molecule has 1 N–H and O–H groups in total. The molecule has 0 saturated heterocycles. The van der Waals surface area contributed by atoms with Crippen molar-refractivity contribution in [3.05, 3.63) is 35.4 Å². The molecule has 0 bridgehead atoms. The average molecular weight is 230 g/mol. The van der Waals surface area contributed by atoms with Gasteiger partial charge in [-0.3, -0.25) is 5.32 Å². The van der Waals surface area contributed by atoms with Crippen LogP contribution < -0.4 is 5.32 Å². The maximum Gasteiger partial charge on any atom is 0.121 e. The monoisotopic (exact) mass is 230 g/mol. The first-order chi connectivity index (χ1) is 8.33. The lowest BCUT2D eigenvalue weighted by atomic mass is 10.0. The predicted molar refractivity (Wildman–Crippen MR) is 66.2 cm³/mol. The largest absolute Gasteiger partial charge is 0.380 e. The Balaban J connectivity index is 2.01. The lowest BCUT2D eigenvalue weighted by Gasteiger charge is -2.12. The molecule has 0 aromatic heterocycles. The van der Waals surface area contributed by atoms with E-state index >= 15 is 0 Å². The van der Waals surface area contributed by atoms with Crippen molar-refractivity contribution in [1.29, 1.82) is 5.26 Å². The highest BCUT2D eigenvalue weighted by Gasteiger charge is 2.22. The van der Waals surface area contributed by atoms with Gasteiger partial charge in [-0.25, -0.2) is 0 Å². The zero-order valence-electron chi connectivity index (χ0n) is 10.1. The van der Waals surface area contributed by atoms with Gasteiger partial charge in [0.15, 0.2) is 0 Å². The molecule has 1 aliphatic rings. The number of rotatable bonds is 6. The first-order valence-corrected chi connectivity index (χ1v) is 6.04. The Bertz CT molecular complexity index is 407. The summed E-state index contributed by atoms with van der Waals surface area (Å²) in [6.07, 6.45) is 2.60. The number of nitrogens with one attached hydrogen (secondary N) is 1. The summed E-state index contributed by atoms with van der Waals surface area (Å²) in [4.78, 5) is 0. The third kappa shape index (κ3) is 3.55. The van der Waals surface area contributed by atoms with Gasteiger partial charge in [0.2, 0.25) is 0 Å². The summed E-state index contributed by atoms with van der Waals surface area (Å²) in [6, 6.07) is 10.1. The summed E-state index contributed by atoms with van der Waals surface area (Å²) in [6.45, 7) is 1.54. The Labute approximate surface area is 102 Å². The smallest absolute Gasteiger partial charge is 0.121 e. The van der Waals surface area contributed by atoms with E-state index in [2.05, 4.69) is 11.4 Å². The molecule has 1 aliphatic carbocycles. The SMILES string of the molecule is COCc1cccc(C(C#N)NCC2CC2)c1. The normalized spacial score (nSPS) is 16.5. The van der Waals surface area contributed by atoms with Crippen molar-refractivity contribution in [2.24, 2.45) is 5.92 Å². The second-order valence-corrected chi connectivity index (χ2v) is 4.59. The van der Waals surface area contributed by atoms with E-state index in [4.69, 9.17) is 4.74 Å². The first kappa shape index (κ1) is 12.1. The molecule has 2 rings (SSSR count). The highest BCUT2D eigenvalue weighted by molar-refractivity contribution is 5.29. The van der Waals surface area contributed by atoms with Gasteiger partial charge in [0.25, 0.3) is 0 Å². The van der Waals surface area contributed by atoms with Gasteiger partial charge in [-0.1, -0.05) is 24.3 Å². The van der Waals surface area contributed by atoms with Gasteiger partial charge in [-0.2, -0.15) is 5.26 Å². The third-order valence-corrected chi connectivity index (χ3v) is 3.03. The van der Waals surface area contributed by atoms with E-state index in [0.717, 1.165) is 23.6 Å². The fourth-order valence-electron chi connectivity index (χ4n) is 1.87. The Hall–Kier alpha value is -1.37. The molecule has 0 heterocycles. The summed E-state index contributed by atoms with van der Waals surface area (Å²) in [5, 5.41) is 12.5. The minimum Gasteiger partial charge on any atom is -0.380 e. The van der Waals surface area contributed by atoms with E-state index in [-0.39, 0.29) is 6.04 Å².